The van der Waals surface area contributed by atoms with Gasteiger partial charge in [0.1, 0.15) is 5.75 Å². The normalized spacial score (nSPS) is 41.1. The highest BCUT2D eigenvalue weighted by Gasteiger charge is 2.61. The summed E-state index contributed by atoms with van der Waals surface area (Å²) in [5.74, 6) is 2.04. The van der Waals surface area contributed by atoms with E-state index in [0.717, 1.165) is 11.8 Å². The molecular weight excluding hydrogens is 280 g/mol. The van der Waals surface area contributed by atoms with E-state index in [-0.39, 0.29) is 0 Å². The number of aryl methyl sites for hydroxylation is 1. The second-order valence-electron chi connectivity index (χ2n) is 9.91. The number of rotatable bonds is 0. The third-order valence-electron chi connectivity index (χ3n) is 8.19. The van der Waals surface area contributed by atoms with Crippen molar-refractivity contribution in [1.29, 1.82) is 0 Å². The molecule has 126 valence electrons. The summed E-state index contributed by atoms with van der Waals surface area (Å²) in [6.45, 7) is 12.3. The summed E-state index contributed by atoms with van der Waals surface area (Å²) < 4.78 is 0. The van der Waals surface area contributed by atoms with Crippen molar-refractivity contribution in [2.24, 2.45) is 22.7 Å². The standard InChI is InChI=1S/C22H32O/c1-14-11-16(23)12-15-13-18-21(4)9-6-8-20(2,3)17(21)7-10-22(18,5)19(14)15/h11-12,17-18,23H,6-10,13H2,1-5H3/t17?,18-,21+,22-/m1/s1. The fourth-order valence-electron chi connectivity index (χ4n) is 7.45. The van der Waals surface area contributed by atoms with Crippen LogP contribution in [0.15, 0.2) is 12.1 Å². The number of hydrogen-bond acceptors (Lipinski definition) is 1. The summed E-state index contributed by atoms with van der Waals surface area (Å²) >= 11 is 0. The topological polar surface area (TPSA) is 20.2 Å². The van der Waals surface area contributed by atoms with E-state index in [2.05, 4.69) is 40.7 Å². The van der Waals surface area contributed by atoms with Crippen molar-refractivity contribution in [1.82, 2.24) is 0 Å². The molecule has 3 aliphatic rings. The molecule has 0 aliphatic heterocycles. The Morgan fingerprint density at radius 2 is 1.74 bits per heavy atom. The fraction of sp³-hybridized carbons (Fsp3) is 0.727. The highest BCUT2D eigenvalue weighted by Crippen LogP contribution is 2.67. The number of phenols is 1. The maximum absolute atomic E-state index is 10.1. The number of hydrogen-bond donors (Lipinski definition) is 1. The Kier molecular flexibility index (Phi) is 3.08. The molecule has 0 radical (unpaired) electrons. The van der Waals surface area contributed by atoms with Crippen molar-refractivity contribution >= 4 is 0 Å². The van der Waals surface area contributed by atoms with Crippen molar-refractivity contribution in [2.45, 2.75) is 78.6 Å². The second-order valence-corrected chi connectivity index (χ2v) is 9.91. The predicted molar refractivity (Wildman–Crippen MR) is 95.9 cm³/mol. The van der Waals surface area contributed by atoms with Crippen LogP contribution in [-0.4, -0.2) is 5.11 Å². The van der Waals surface area contributed by atoms with Gasteiger partial charge < -0.3 is 5.11 Å². The van der Waals surface area contributed by atoms with Gasteiger partial charge in [0.25, 0.3) is 0 Å². The molecule has 0 saturated heterocycles. The fourth-order valence-corrected chi connectivity index (χ4v) is 7.45. The zero-order valence-corrected chi connectivity index (χ0v) is 15.5. The van der Waals surface area contributed by atoms with Gasteiger partial charge in [0.2, 0.25) is 0 Å². The third-order valence-corrected chi connectivity index (χ3v) is 8.19. The van der Waals surface area contributed by atoms with E-state index < -0.39 is 0 Å². The Balaban J connectivity index is 1.84. The second kappa shape index (κ2) is 4.55. The van der Waals surface area contributed by atoms with E-state index >= 15 is 0 Å². The smallest absolute Gasteiger partial charge is 0.116 e. The number of phenolic OH excluding ortho intramolecular Hbond substituents is 1. The molecule has 4 atom stereocenters. The zero-order valence-electron chi connectivity index (χ0n) is 15.5. The van der Waals surface area contributed by atoms with Gasteiger partial charge in [0, 0.05) is 0 Å². The van der Waals surface area contributed by atoms with Crippen LogP contribution in [0.25, 0.3) is 0 Å². The van der Waals surface area contributed by atoms with E-state index in [9.17, 15) is 5.11 Å². The van der Waals surface area contributed by atoms with Gasteiger partial charge in [0.15, 0.2) is 0 Å². The minimum absolute atomic E-state index is 0.311. The first-order valence-corrected chi connectivity index (χ1v) is 9.51. The minimum Gasteiger partial charge on any atom is -0.508 e. The lowest BCUT2D eigenvalue weighted by Crippen LogP contribution is -2.55. The van der Waals surface area contributed by atoms with Gasteiger partial charge in [-0.05, 0) is 95.9 Å². The highest BCUT2D eigenvalue weighted by atomic mass is 16.3. The molecule has 1 N–H and O–H groups in total. The van der Waals surface area contributed by atoms with E-state index in [4.69, 9.17) is 0 Å². The van der Waals surface area contributed by atoms with Gasteiger partial charge in [-0.2, -0.15) is 0 Å². The molecule has 23 heavy (non-hydrogen) atoms. The van der Waals surface area contributed by atoms with E-state index in [1.807, 2.05) is 6.07 Å². The van der Waals surface area contributed by atoms with Gasteiger partial charge in [-0.1, -0.05) is 34.1 Å². The van der Waals surface area contributed by atoms with Crippen molar-refractivity contribution < 1.29 is 5.11 Å². The van der Waals surface area contributed by atoms with Crippen LogP contribution in [0.4, 0.5) is 0 Å². The maximum atomic E-state index is 10.1. The average molecular weight is 312 g/mol. The molecule has 1 aromatic rings. The number of aromatic hydroxyl groups is 1. The van der Waals surface area contributed by atoms with Gasteiger partial charge >= 0.3 is 0 Å². The Morgan fingerprint density at radius 1 is 1.00 bits per heavy atom. The first-order chi connectivity index (χ1) is 10.7. The summed E-state index contributed by atoms with van der Waals surface area (Å²) in [5, 5.41) is 10.1. The zero-order chi connectivity index (χ0) is 16.6. The van der Waals surface area contributed by atoms with Crippen LogP contribution in [0.3, 0.4) is 0 Å². The molecule has 1 heteroatoms. The number of benzene rings is 1. The SMILES string of the molecule is Cc1cc(O)cc2c1[C@]1(C)CCC3C(C)(C)CCC[C@]3(C)[C@H]1C2. The molecule has 0 spiro atoms. The molecule has 0 heterocycles. The quantitative estimate of drug-likeness (QED) is 0.646. The van der Waals surface area contributed by atoms with Crippen LogP contribution in [0, 0.1) is 29.6 Å². The average Bonchev–Trinajstić information content (AvgIpc) is 2.71. The molecular formula is C22H32O. The monoisotopic (exact) mass is 312 g/mol. The van der Waals surface area contributed by atoms with E-state index in [1.165, 1.54) is 49.7 Å². The van der Waals surface area contributed by atoms with Crippen LogP contribution < -0.4 is 0 Å². The van der Waals surface area contributed by atoms with Crippen molar-refractivity contribution in [2.75, 3.05) is 0 Å². The van der Waals surface area contributed by atoms with Gasteiger partial charge in [-0.3, -0.25) is 0 Å². The van der Waals surface area contributed by atoms with Crippen molar-refractivity contribution in [3.05, 3.63) is 28.8 Å². The van der Waals surface area contributed by atoms with Crippen molar-refractivity contribution in [3.63, 3.8) is 0 Å². The molecule has 3 aliphatic carbocycles. The summed E-state index contributed by atoms with van der Waals surface area (Å²) in [5.41, 5.74) is 5.56. The molecule has 1 unspecified atom stereocenters. The predicted octanol–water partition coefficient (Wildman–Crippen LogP) is 5.76. The minimum atomic E-state index is 0.311. The van der Waals surface area contributed by atoms with Crippen LogP contribution in [0.2, 0.25) is 0 Å². The first kappa shape index (κ1) is 15.5. The van der Waals surface area contributed by atoms with Gasteiger partial charge in [-0.25, -0.2) is 0 Å². The Bertz CT molecular complexity index is 658. The summed E-state index contributed by atoms with van der Waals surface area (Å²) in [6, 6.07) is 4.03. The highest BCUT2D eigenvalue weighted by molar-refractivity contribution is 5.50. The van der Waals surface area contributed by atoms with Crippen LogP contribution in [0.5, 0.6) is 5.75 Å². The molecule has 0 aromatic heterocycles. The molecule has 1 aromatic carbocycles. The molecule has 1 nitrogen and oxygen atoms in total. The summed E-state index contributed by atoms with van der Waals surface area (Å²) in [7, 11) is 0. The maximum Gasteiger partial charge on any atom is 0.116 e. The van der Waals surface area contributed by atoms with Gasteiger partial charge in [0.05, 0.1) is 0 Å². The first-order valence-electron chi connectivity index (χ1n) is 9.51. The third kappa shape index (κ3) is 1.91. The van der Waals surface area contributed by atoms with Gasteiger partial charge in [-0.15, -0.1) is 0 Å². The lowest BCUT2D eigenvalue weighted by Gasteiger charge is -2.61. The molecule has 0 amide bonds. The van der Waals surface area contributed by atoms with E-state index in [1.54, 1.807) is 5.56 Å². The molecule has 2 fully saturated rings. The summed E-state index contributed by atoms with van der Waals surface area (Å²) in [6.07, 6.45) is 8.03. The summed E-state index contributed by atoms with van der Waals surface area (Å²) in [4.78, 5) is 0. The Labute approximate surface area is 141 Å². The number of fused-ring (bicyclic) bond motifs is 5. The lowest BCUT2D eigenvalue weighted by atomic mass is 9.43. The molecule has 0 bridgehead atoms. The van der Waals surface area contributed by atoms with Crippen LogP contribution in [0.1, 0.15) is 76.5 Å². The largest absolute Gasteiger partial charge is 0.508 e. The van der Waals surface area contributed by atoms with Crippen LogP contribution in [-0.2, 0) is 11.8 Å². The molecule has 4 rings (SSSR count). The Hall–Kier alpha value is -0.980. The Morgan fingerprint density at radius 3 is 2.48 bits per heavy atom. The van der Waals surface area contributed by atoms with E-state index in [0.29, 0.717) is 22.0 Å². The lowest BCUT2D eigenvalue weighted by molar-refractivity contribution is -0.0983. The molecule has 2 saturated carbocycles. The van der Waals surface area contributed by atoms with Crippen LogP contribution >= 0.6 is 0 Å². The van der Waals surface area contributed by atoms with Crippen molar-refractivity contribution in [3.8, 4) is 5.75 Å².